The summed E-state index contributed by atoms with van der Waals surface area (Å²) in [5.41, 5.74) is 6.89. The minimum Gasteiger partial charge on any atom is -0.489 e. The van der Waals surface area contributed by atoms with Crippen molar-refractivity contribution in [1.82, 2.24) is 0 Å². The van der Waals surface area contributed by atoms with E-state index in [-0.39, 0.29) is 18.5 Å². The first-order valence-corrected chi connectivity index (χ1v) is 6.48. The quantitative estimate of drug-likeness (QED) is 0.845. The molecule has 0 radical (unpaired) electrons. The molecule has 2 aromatic rings. The number of rotatable bonds is 5. The highest BCUT2D eigenvalue weighted by Gasteiger charge is 2.07. The SMILES string of the molecule is CC(C)Oc1cc(OCc2ccccc2F)ccc1N. The number of nitrogen functional groups attached to an aromatic ring is 1. The van der Waals surface area contributed by atoms with Gasteiger partial charge >= 0.3 is 0 Å². The van der Waals surface area contributed by atoms with E-state index >= 15 is 0 Å². The van der Waals surface area contributed by atoms with Crippen molar-refractivity contribution in [2.24, 2.45) is 0 Å². The van der Waals surface area contributed by atoms with Crippen molar-refractivity contribution in [2.45, 2.75) is 26.6 Å². The van der Waals surface area contributed by atoms with Crippen molar-refractivity contribution in [1.29, 1.82) is 0 Å². The molecule has 0 amide bonds. The minimum atomic E-state index is -0.276. The molecule has 0 saturated heterocycles. The zero-order valence-corrected chi connectivity index (χ0v) is 11.6. The van der Waals surface area contributed by atoms with Crippen molar-refractivity contribution in [3.8, 4) is 11.5 Å². The Morgan fingerprint density at radius 3 is 2.60 bits per heavy atom. The van der Waals surface area contributed by atoms with E-state index in [1.807, 2.05) is 13.8 Å². The summed E-state index contributed by atoms with van der Waals surface area (Å²) >= 11 is 0. The smallest absolute Gasteiger partial charge is 0.146 e. The monoisotopic (exact) mass is 275 g/mol. The van der Waals surface area contributed by atoms with Gasteiger partial charge in [-0.05, 0) is 32.0 Å². The van der Waals surface area contributed by atoms with Gasteiger partial charge in [0.15, 0.2) is 0 Å². The van der Waals surface area contributed by atoms with Crippen LogP contribution in [-0.4, -0.2) is 6.10 Å². The molecule has 0 saturated carbocycles. The van der Waals surface area contributed by atoms with E-state index in [0.717, 1.165) is 0 Å². The molecule has 0 aliphatic heterocycles. The van der Waals surface area contributed by atoms with Crippen LogP contribution in [0.3, 0.4) is 0 Å². The number of nitrogens with two attached hydrogens (primary N) is 1. The highest BCUT2D eigenvalue weighted by atomic mass is 19.1. The number of hydrogen-bond acceptors (Lipinski definition) is 3. The lowest BCUT2D eigenvalue weighted by molar-refractivity contribution is 0.240. The normalized spacial score (nSPS) is 10.6. The summed E-state index contributed by atoms with van der Waals surface area (Å²) in [6.45, 7) is 4.01. The van der Waals surface area contributed by atoms with Crippen LogP contribution in [0.2, 0.25) is 0 Å². The minimum absolute atomic E-state index is 0.0270. The summed E-state index contributed by atoms with van der Waals surface area (Å²) in [5, 5.41) is 0. The van der Waals surface area contributed by atoms with Crippen LogP contribution in [0.25, 0.3) is 0 Å². The van der Waals surface area contributed by atoms with Gasteiger partial charge < -0.3 is 15.2 Å². The molecule has 2 rings (SSSR count). The molecule has 0 unspecified atom stereocenters. The van der Waals surface area contributed by atoms with Gasteiger partial charge in [-0.15, -0.1) is 0 Å². The van der Waals surface area contributed by atoms with Gasteiger partial charge in [-0.1, -0.05) is 18.2 Å². The van der Waals surface area contributed by atoms with E-state index in [1.54, 1.807) is 36.4 Å². The predicted molar refractivity (Wildman–Crippen MR) is 77.4 cm³/mol. The average Bonchev–Trinajstić information content (AvgIpc) is 2.40. The molecule has 0 bridgehead atoms. The third-order valence-electron chi connectivity index (χ3n) is 2.70. The third-order valence-corrected chi connectivity index (χ3v) is 2.70. The predicted octanol–water partition coefficient (Wildman–Crippen LogP) is 3.77. The highest BCUT2D eigenvalue weighted by molar-refractivity contribution is 5.55. The van der Waals surface area contributed by atoms with Gasteiger partial charge in [0.25, 0.3) is 0 Å². The van der Waals surface area contributed by atoms with Gasteiger partial charge in [0, 0.05) is 11.6 Å². The average molecular weight is 275 g/mol. The van der Waals surface area contributed by atoms with E-state index in [4.69, 9.17) is 15.2 Å². The van der Waals surface area contributed by atoms with E-state index in [9.17, 15) is 4.39 Å². The van der Waals surface area contributed by atoms with E-state index in [0.29, 0.717) is 22.7 Å². The van der Waals surface area contributed by atoms with Gasteiger partial charge in [-0.25, -0.2) is 4.39 Å². The molecule has 0 aliphatic carbocycles. The molecular weight excluding hydrogens is 257 g/mol. The van der Waals surface area contributed by atoms with Crippen LogP contribution in [-0.2, 0) is 6.61 Å². The lowest BCUT2D eigenvalue weighted by atomic mass is 10.2. The maximum absolute atomic E-state index is 13.5. The van der Waals surface area contributed by atoms with Crippen molar-refractivity contribution in [3.05, 3.63) is 53.8 Å². The molecule has 0 aliphatic rings. The van der Waals surface area contributed by atoms with Crippen LogP contribution in [0, 0.1) is 5.82 Å². The fraction of sp³-hybridized carbons (Fsp3) is 0.250. The third kappa shape index (κ3) is 3.63. The van der Waals surface area contributed by atoms with Gasteiger partial charge in [0.05, 0.1) is 11.8 Å². The van der Waals surface area contributed by atoms with Crippen LogP contribution >= 0.6 is 0 Å². The number of hydrogen-bond donors (Lipinski definition) is 1. The molecule has 0 atom stereocenters. The fourth-order valence-electron chi connectivity index (χ4n) is 1.74. The Hall–Kier alpha value is -2.23. The molecule has 3 nitrogen and oxygen atoms in total. The second kappa shape index (κ2) is 6.28. The Balaban J connectivity index is 2.08. The van der Waals surface area contributed by atoms with Crippen molar-refractivity contribution >= 4 is 5.69 Å². The summed E-state index contributed by atoms with van der Waals surface area (Å²) < 4.78 is 24.6. The lowest BCUT2D eigenvalue weighted by Crippen LogP contribution is -2.07. The first-order chi connectivity index (χ1) is 9.56. The van der Waals surface area contributed by atoms with Gasteiger partial charge in [-0.2, -0.15) is 0 Å². The number of halogens is 1. The molecule has 0 aromatic heterocycles. The summed E-state index contributed by atoms with van der Waals surface area (Å²) in [5.74, 6) is 0.894. The van der Waals surface area contributed by atoms with Crippen LogP contribution in [0.15, 0.2) is 42.5 Å². The largest absolute Gasteiger partial charge is 0.489 e. The van der Waals surface area contributed by atoms with E-state index < -0.39 is 0 Å². The number of ether oxygens (including phenoxy) is 2. The van der Waals surface area contributed by atoms with Crippen LogP contribution < -0.4 is 15.2 Å². The van der Waals surface area contributed by atoms with Crippen molar-refractivity contribution in [3.63, 3.8) is 0 Å². The van der Waals surface area contributed by atoms with Crippen LogP contribution in [0.1, 0.15) is 19.4 Å². The Morgan fingerprint density at radius 2 is 1.90 bits per heavy atom. The molecule has 0 spiro atoms. The first kappa shape index (κ1) is 14.2. The van der Waals surface area contributed by atoms with Gasteiger partial charge in [-0.3, -0.25) is 0 Å². The maximum atomic E-state index is 13.5. The molecule has 20 heavy (non-hydrogen) atoms. The zero-order chi connectivity index (χ0) is 14.5. The van der Waals surface area contributed by atoms with E-state index in [2.05, 4.69) is 0 Å². The summed E-state index contributed by atoms with van der Waals surface area (Å²) in [6, 6.07) is 11.7. The second-order valence-corrected chi connectivity index (χ2v) is 4.75. The summed E-state index contributed by atoms with van der Waals surface area (Å²) in [4.78, 5) is 0. The van der Waals surface area contributed by atoms with Gasteiger partial charge in [0.1, 0.15) is 23.9 Å². The van der Waals surface area contributed by atoms with Crippen LogP contribution in [0.5, 0.6) is 11.5 Å². The Kier molecular flexibility index (Phi) is 4.45. The van der Waals surface area contributed by atoms with Crippen molar-refractivity contribution in [2.75, 3.05) is 5.73 Å². The molecule has 2 aromatic carbocycles. The molecule has 0 heterocycles. The lowest BCUT2D eigenvalue weighted by Gasteiger charge is -2.14. The Morgan fingerprint density at radius 1 is 1.15 bits per heavy atom. The van der Waals surface area contributed by atoms with Gasteiger partial charge in [0.2, 0.25) is 0 Å². The Labute approximate surface area is 118 Å². The summed E-state index contributed by atoms with van der Waals surface area (Å²) in [6.07, 6.45) is 0.0270. The Bertz CT molecular complexity index is 584. The molecule has 2 N–H and O–H groups in total. The maximum Gasteiger partial charge on any atom is 0.146 e. The van der Waals surface area contributed by atoms with Crippen molar-refractivity contribution < 1.29 is 13.9 Å². The molecular formula is C16H18FNO2. The molecule has 4 heteroatoms. The van der Waals surface area contributed by atoms with Crippen LogP contribution in [0.4, 0.5) is 10.1 Å². The fourth-order valence-corrected chi connectivity index (χ4v) is 1.74. The zero-order valence-electron chi connectivity index (χ0n) is 11.6. The van der Waals surface area contributed by atoms with E-state index in [1.165, 1.54) is 6.07 Å². The topological polar surface area (TPSA) is 44.5 Å². The molecule has 0 fully saturated rings. The highest BCUT2D eigenvalue weighted by Crippen LogP contribution is 2.28. The summed E-state index contributed by atoms with van der Waals surface area (Å²) in [7, 11) is 0. The number of anilines is 1. The number of benzene rings is 2. The second-order valence-electron chi connectivity index (χ2n) is 4.75. The standard InChI is InChI=1S/C16H18FNO2/c1-11(2)20-16-9-13(7-8-15(16)18)19-10-12-5-3-4-6-14(12)17/h3-9,11H,10,18H2,1-2H3. The first-order valence-electron chi connectivity index (χ1n) is 6.48. The molecule has 106 valence electrons.